The van der Waals surface area contributed by atoms with E-state index in [1.54, 1.807) is 6.20 Å². The maximum absolute atomic E-state index is 5.69. The second kappa shape index (κ2) is 2.67. The van der Waals surface area contributed by atoms with Crippen LogP contribution in [0.4, 0.5) is 0 Å². The highest BCUT2D eigenvalue weighted by molar-refractivity contribution is 7.18. The first kappa shape index (κ1) is 7.93. The first-order valence-corrected chi connectivity index (χ1v) is 4.53. The summed E-state index contributed by atoms with van der Waals surface area (Å²) in [7, 11) is 2.70. The van der Waals surface area contributed by atoms with Gasteiger partial charge in [-0.1, -0.05) is 9.24 Å². The van der Waals surface area contributed by atoms with E-state index in [0.29, 0.717) is 6.61 Å². The van der Waals surface area contributed by atoms with Crippen molar-refractivity contribution in [3.63, 3.8) is 0 Å². The van der Waals surface area contributed by atoms with Crippen molar-refractivity contribution in [3.8, 4) is 11.5 Å². The Balaban J connectivity index is 2.30. The molecule has 1 aliphatic rings. The first-order valence-electron chi connectivity index (χ1n) is 3.95. The topological polar surface area (TPSA) is 34.2 Å². The third-order valence-electron chi connectivity index (χ3n) is 1.87. The lowest BCUT2D eigenvalue weighted by atomic mass is 10.3. The second-order valence-corrected chi connectivity index (χ2v) is 4.42. The van der Waals surface area contributed by atoms with Crippen molar-refractivity contribution in [1.29, 1.82) is 0 Å². The Morgan fingerprint density at radius 1 is 1.50 bits per heavy atom. The van der Waals surface area contributed by atoms with Crippen LogP contribution in [-0.2, 0) is 0 Å². The molecule has 2 rings (SSSR count). The predicted molar refractivity (Wildman–Crippen MR) is 49.6 cm³/mol. The standard InChI is InChI=1S/C8H12NO2P/c1-8(12)2-3-10-6-4-9-5-7(6)11-8/h4-5,9H,2-3,12H2,1H3/t8-/m0/s1. The van der Waals surface area contributed by atoms with Crippen molar-refractivity contribution in [1.82, 2.24) is 4.98 Å². The number of hydrogen-bond acceptors (Lipinski definition) is 2. The van der Waals surface area contributed by atoms with Gasteiger partial charge in [0.15, 0.2) is 11.5 Å². The molecule has 0 aromatic carbocycles. The molecule has 2 heterocycles. The summed E-state index contributed by atoms with van der Waals surface area (Å²) in [5.41, 5.74) is 0. The van der Waals surface area contributed by atoms with Gasteiger partial charge in [0, 0.05) is 18.8 Å². The highest BCUT2D eigenvalue weighted by Crippen LogP contribution is 2.36. The Bertz CT molecular complexity index is 282. The number of H-pyrrole nitrogens is 1. The van der Waals surface area contributed by atoms with E-state index in [1.165, 1.54) is 0 Å². The molecule has 0 radical (unpaired) electrons. The molecule has 0 saturated carbocycles. The van der Waals surface area contributed by atoms with Gasteiger partial charge in [-0.05, 0) is 6.92 Å². The van der Waals surface area contributed by atoms with Crippen LogP contribution >= 0.6 is 9.24 Å². The second-order valence-electron chi connectivity index (χ2n) is 3.20. The van der Waals surface area contributed by atoms with E-state index in [4.69, 9.17) is 9.47 Å². The van der Waals surface area contributed by atoms with Gasteiger partial charge in [0.25, 0.3) is 0 Å². The third kappa shape index (κ3) is 1.42. The summed E-state index contributed by atoms with van der Waals surface area (Å²) in [4.78, 5) is 2.95. The predicted octanol–water partition coefficient (Wildman–Crippen LogP) is 1.77. The number of fused-ring (bicyclic) bond motifs is 1. The Hall–Kier alpha value is -0.690. The zero-order valence-electron chi connectivity index (χ0n) is 6.96. The Morgan fingerprint density at radius 2 is 2.25 bits per heavy atom. The molecule has 1 aliphatic heterocycles. The molecule has 0 bridgehead atoms. The number of ether oxygens (including phenoxy) is 2. The van der Waals surface area contributed by atoms with Gasteiger partial charge in [-0.25, -0.2) is 0 Å². The largest absolute Gasteiger partial charge is 0.488 e. The van der Waals surface area contributed by atoms with E-state index in [1.807, 2.05) is 13.1 Å². The minimum Gasteiger partial charge on any atom is -0.488 e. The molecule has 1 unspecified atom stereocenters. The van der Waals surface area contributed by atoms with E-state index in [0.717, 1.165) is 17.9 Å². The zero-order chi connectivity index (χ0) is 8.60. The van der Waals surface area contributed by atoms with E-state index in [9.17, 15) is 0 Å². The van der Waals surface area contributed by atoms with Crippen molar-refractivity contribution >= 4 is 9.24 Å². The molecule has 0 amide bonds. The number of nitrogens with one attached hydrogen (secondary N) is 1. The van der Waals surface area contributed by atoms with Crippen LogP contribution in [0.2, 0.25) is 0 Å². The molecule has 66 valence electrons. The monoisotopic (exact) mass is 185 g/mol. The molecule has 0 saturated heterocycles. The fourth-order valence-electron chi connectivity index (χ4n) is 1.19. The van der Waals surface area contributed by atoms with Crippen molar-refractivity contribution in [2.45, 2.75) is 18.7 Å². The molecule has 0 fully saturated rings. The van der Waals surface area contributed by atoms with Crippen LogP contribution in [0.1, 0.15) is 13.3 Å². The van der Waals surface area contributed by atoms with Gasteiger partial charge in [0.2, 0.25) is 0 Å². The van der Waals surface area contributed by atoms with E-state index >= 15 is 0 Å². The number of aromatic amines is 1. The van der Waals surface area contributed by atoms with Gasteiger partial charge in [-0.3, -0.25) is 0 Å². The maximum atomic E-state index is 5.69. The number of rotatable bonds is 0. The molecular formula is C8H12NO2P. The summed E-state index contributed by atoms with van der Waals surface area (Å²) in [6.45, 7) is 2.73. The van der Waals surface area contributed by atoms with Gasteiger partial charge < -0.3 is 14.5 Å². The van der Waals surface area contributed by atoms with Crippen molar-refractivity contribution in [2.24, 2.45) is 0 Å². The van der Waals surface area contributed by atoms with Crippen molar-refractivity contribution in [2.75, 3.05) is 6.61 Å². The van der Waals surface area contributed by atoms with Crippen LogP contribution in [0.25, 0.3) is 0 Å². The number of hydrogen-bond donors (Lipinski definition) is 1. The van der Waals surface area contributed by atoms with Gasteiger partial charge in [-0.2, -0.15) is 0 Å². The van der Waals surface area contributed by atoms with E-state index < -0.39 is 0 Å². The fraction of sp³-hybridized carbons (Fsp3) is 0.500. The first-order chi connectivity index (χ1) is 5.67. The van der Waals surface area contributed by atoms with Crippen LogP contribution in [0.3, 0.4) is 0 Å². The molecule has 1 N–H and O–H groups in total. The normalized spacial score (nSPS) is 28.2. The quantitative estimate of drug-likeness (QED) is 0.625. The zero-order valence-corrected chi connectivity index (χ0v) is 8.12. The Morgan fingerprint density at radius 3 is 3.08 bits per heavy atom. The summed E-state index contributed by atoms with van der Waals surface area (Å²) < 4.78 is 11.1. The Kier molecular flexibility index (Phi) is 1.76. The lowest BCUT2D eigenvalue weighted by molar-refractivity contribution is 0.174. The van der Waals surface area contributed by atoms with Gasteiger partial charge in [0.05, 0.1) is 6.61 Å². The molecule has 1 aromatic heterocycles. The minimum absolute atomic E-state index is 0.201. The van der Waals surface area contributed by atoms with Crippen LogP contribution in [-0.4, -0.2) is 16.9 Å². The van der Waals surface area contributed by atoms with Crippen molar-refractivity contribution in [3.05, 3.63) is 12.4 Å². The summed E-state index contributed by atoms with van der Waals surface area (Å²) in [6, 6.07) is 0. The number of aromatic nitrogens is 1. The lowest BCUT2D eigenvalue weighted by Crippen LogP contribution is -2.24. The van der Waals surface area contributed by atoms with E-state index in [2.05, 4.69) is 14.2 Å². The molecule has 0 aliphatic carbocycles. The molecule has 2 atom stereocenters. The molecule has 0 spiro atoms. The fourth-order valence-corrected chi connectivity index (χ4v) is 1.44. The van der Waals surface area contributed by atoms with Crippen LogP contribution < -0.4 is 9.47 Å². The Labute approximate surface area is 73.7 Å². The maximum Gasteiger partial charge on any atom is 0.179 e. The highest BCUT2D eigenvalue weighted by atomic mass is 31.0. The van der Waals surface area contributed by atoms with E-state index in [-0.39, 0.29) is 5.34 Å². The third-order valence-corrected chi connectivity index (χ3v) is 2.28. The summed E-state index contributed by atoms with van der Waals surface area (Å²) in [6.07, 6.45) is 4.50. The summed E-state index contributed by atoms with van der Waals surface area (Å²) in [5, 5.41) is -0.201. The molecule has 12 heavy (non-hydrogen) atoms. The summed E-state index contributed by atoms with van der Waals surface area (Å²) >= 11 is 0. The van der Waals surface area contributed by atoms with Crippen LogP contribution in [0.5, 0.6) is 11.5 Å². The van der Waals surface area contributed by atoms with Gasteiger partial charge in [-0.15, -0.1) is 0 Å². The smallest absolute Gasteiger partial charge is 0.179 e. The summed E-state index contributed by atoms with van der Waals surface area (Å²) in [5.74, 6) is 1.60. The highest BCUT2D eigenvalue weighted by Gasteiger charge is 2.25. The van der Waals surface area contributed by atoms with Crippen molar-refractivity contribution < 1.29 is 9.47 Å². The lowest BCUT2D eigenvalue weighted by Gasteiger charge is -2.22. The molecule has 3 nitrogen and oxygen atoms in total. The minimum atomic E-state index is -0.201. The average molecular weight is 185 g/mol. The van der Waals surface area contributed by atoms with Gasteiger partial charge >= 0.3 is 0 Å². The van der Waals surface area contributed by atoms with Crippen LogP contribution in [0.15, 0.2) is 12.4 Å². The SMILES string of the molecule is C[C@]1(P)CCOc2c[nH]cc2O1. The molecular weight excluding hydrogens is 173 g/mol. The van der Waals surface area contributed by atoms with Gasteiger partial charge in [0.1, 0.15) is 5.34 Å². The molecule has 1 aromatic rings. The average Bonchev–Trinajstić information content (AvgIpc) is 2.31. The molecule has 4 heteroatoms. The van der Waals surface area contributed by atoms with Crippen LogP contribution in [0, 0.1) is 0 Å².